The molecule has 1 aromatic carbocycles. The van der Waals surface area contributed by atoms with E-state index in [0.717, 1.165) is 50.3 Å². The van der Waals surface area contributed by atoms with Crippen molar-refractivity contribution in [1.82, 2.24) is 10.2 Å². The maximum Gasteiger partial charge on any atom is 0.0728 e. The molecule has 0 radical (unpaired) electrons. The van der Waals surface area contributed by atoms with Crippen LogP contribution >= 0.6 is 36.4 Å². The summed E-state index contributed by atoms with van der Waals surface area (Å²) < 4.78 is 0. The van der Waals surface area contributed by atoms with Gasteiger partial charge < -0.3 is 15.3 Å². The van der Waals surface area contributed by atoms with Gasteiger partial charge in [-0.15, -0.1) is 24.8 Å². The van der Waals surface area contributed by atoms with Crippen LogP contribution in [0.5, 0.6) is 0 Å². The van der Waals surface area contributed by atoms with Crippen molar-refractivity contribution >= 4 is 36.4 Å². The van der Waals surface area contributed by atoms with E-state index in [9.17, 15) is 5.11 Å². The number of benzene rings is 1. The minimum Gasteiger partial charge on any atom is -0.389 e. The quantitative estimate of drug-likeness (QED) is 0.763. The lowest BCUT2D eigenvalue weighted by Crippen LogP contribution is -2.44. The number of likely N-dealkylation sites (tertiary alicyclic amines) is 1. The minimum absolute atomic E-state index is 0. The third-order valence-corrected chi connectivity index (χ3v) is 5.98. The van der Waals surface area contributed by atoms with Crippen molar-refractivity contribution in [2.75, 3.05) is 26.7 Å². The third-order valence-electron chi connectivity index (χ3n) is 5.74. The van der Waals surface area contributed by atoms with Gasteiger partial charge in [-0.1, -0.05) is 43.0 Å². The Bertz CT molecular complexity index is 523. The van der Waals surface area contributed by atoms with Gasteiger partial charge in [-0.25, -0.2) is 0 Å². The Kier molecular flexibility index (Phi) is 9.52. The van der Waals surface area contributed by atoms with Crippen LogP contribution in [0, 0.1) is 0 Å². The van der Waals surface area contributed by atoms with Crippen LogP contribution in [-0.4, -0.2) is 48.3 Å². The second kappa shape index (κ2) is 10.3. The van der Waals surface area contributed by atoms with Crippen molar-refractivity contribution in [3.63, 3.8) is 0 Å². The number of likely N-dealkylation sites (N-methyl/N-ethyl adjacent to an activating group) is 1. The zero-order valence-corrected chi connectivity index (χ0v) is 17.3. The highest BCUT2D eigenvalue weighted by Gasteiger charge is 2.40. The first-order valence-electron chi connectivity index (χ1n) is 8.98. The first kappa shape index (κ1) is 23.0. The molecule has 1 unspecified atom stereocenters. The van der Waals surface area contributed by atoms with Gasteiger partial charge in [0.05, 0.1) is 5.60 Å². The summed E-state index contributed by atoms with van der Waals surface area (Å²) in [5.41, 5.74) is 0.607. The molecular weight excluding hydrogens is 379 g/mol. The van der Waals surface area contributed by atoms with Crippen molar-refractivity contribution < 1.29 is 5.11 Å². The molecule has 1 aromatic rings. The molecule has 0 aromatic heterocycles. The van der Waals surface area contributed by atoms with Gasteiger partial charge in [-0.2, -0.15) is 0 Å². The molecule has 1 aliphatic heterocycles. The molecule has 3 rings (SSSR count). The van der Waals surface area contributed by atoms with Crippen molar-refractivity contribution in [2.45, 2.75) is 56.1 Å². The second-order valence-electron chi connectivity index (χ2n) is 7.31. The lowest BCUT2D eigenvalue weighted by molar-refractivity contribution is -0.0295. The summed E-state index contributed by atoms with van der Waals surface area (Å²) in [6.45, 7) is 3.11. The Morgan fingerprint density at radius 3 is 2.60 bits per heavy atom. The number of rotatable bonds is 5. The summed E-state index contributed by atoms with van der Waals surface area (Å²) in [6.07, 6.45) is 6.52. The second-order valence-corrected chi connectivity index (χ2v) is 7.74. The fourth-order valence-corrected chi connectivity index (χ4v) is 4.51. The minimum atomic E-state index is -0.583. The van der Waals surface area contributed by atoms with Crippen LogP contribution in [0.15, 0.2) is 24.3 Å². The number of aliphatic hydroxyl groups is 1. The van der Waals surface area contributed by atoms with E-state index >= 15 is 0 Å². The van der Waals surface area contributed by atoms with Crippen molar-refractivity contribution in [3.05, 3.63) is 34.9 Å². The molecule has 144 valence electrons. The molecular formula is C19H31Cl3N2O. The first-order chi connectivity index (χ1) is 11.1. The van der Waals surface area contributed by atoms with E-state index in [1.807, 2.05) is 25.2 Å². The van der Waals surface area contributed by atoms with Gasteiger partial charge >= 0.3 is 0 Å². The predicted molar refractivity (Wildman–Crippen MR) is 111 cm³/mol. The number of nitrogens with one attached hydrogen (secondary N) is 1. The summed E-state index contributed by atoms with van der Waals surface area (Å²) in [6, 6.07) is 8.69. The molecule has 6 heteroatoms. The zero-order valence-electron chi connectivity index (χ0n) is 14.9. The molecule has 0 bridgehead atoms. The van der Waals surface area contributed by atoms with Gasteiger partial charge in [0.25, 0.3) is 0 Å². The largest absolute Gasteiger partial charge is 0.389 e. The monoisotopic (exact) mass is 408 g/mol. The Morgan fingerprint density at radius 2 is 2.00 bits per heavy atom. The summed E-state index contributed by atoms with van der Waals surface area (Å²) in [4.78, 5) is 2.50. The smallest absolute Gasteiger partial charge is 0.0728 e. The van der Waals surface area contributed by atoms with Gasteiger partial charge in [0.1, 0.15) is 0 Å². The Balaban J connectivity index is 0.00000156. The number of hydrogen-bond acceptors (Lipinski definition) is 3. The number of halogens is 3. The molecule has 1 aliphatic carbocycles. The van der Waals surface area contributed by atoms with Crippen molar-refractivity contribution in [1.29, 1.82) is 0 Å². The third kappa shape index (κ3) is 5.72. The van der Waals surface area contributed by atoms with E-state index in [1.54, 1.807) is 0 Å². The molecule has 0 amide bonds. The summed E-state index contributed by atoms with van der Waals surface area (Å²) in [5, 5.41) is 15.5. The molecule has 2 atom stereocenters. The van der Waals surface area contributed by atoms with Crippen LogP contribution in [0.1, 0.15) is 50.0 Å². The lowest BCUT2D eigenvalue weighted by Gasteiger charge is -2.41. The van der Waals surface area contributed by atoms with Gasteiger partial charge in [0.2, 0.25) is 0 Å². The van der Waals surface area contributed by atoms with E-state index < -0.39 is 5.60 Å². The molecule has 2 fully saturated rings. The highest BCUT2D eigenvalue weighted by atomic mass is 35.5. The Labute approximate surface area is 169 Å². The summed E-state index contributed by atoms with van der Waals surface area (Å²) >= 11 is 6.23. The maximum atomic E-state index is 11.4. The standard InChI is InChI=1S/C19H29ClN2O.2ClH/c1-21-17-8-11-22(13-17)14-18(15-6-5-7-16(20)12-15)19(23)9-3-2-4-10-19;;/h5-7,12,17-18,21,23H,2-4,8-11,13-14H2,1H3;2*1H/t17-,18?;;/m1../s1. The topological polar surface area (TPSA) is 35.5 Å². The molecule has 3 nitrogen and oxygen atoms in total. The summed E-state index contributed by atoms with van der Waals surface area (Å²) in [5.74, 6) is 0.150. The molecule has 25 heavy (non-hydrogen) atoms. The van der Waals surface area contributed by atoms with Gasteiger partial charge in [-0.3, -0.25) is 0 Å². The molecule has 1 heterocycles. The van der Waals surface area contributed by atoms with Gasteiger partial charge in [-0.05, 0) is 50.6 Å². The van der Waals surface area contributed by atoms with E-state index in [2.05, 4.69) is 16.3 Å². The normalized spacial score (nSPS) is 24.2. The predicted octanol–water partition coefficient (Wildman–Crippen LogP) is 4.26. The molecule has 0 spiro atoms. The fraction of sp³-hybridized carbons (Fsp3) is 0.684. The van der Waals surface area contributed by atoms with E-state index in [-0.39, 0.29) is 30.7 Å². The molecule has 1 saturated carbocycles. The van der Waals surface area contributed by atoms with Crippen LogP contribution in [0.3, 0.4) is 0 Å². The van der Waals surface area contributed by atoms with Crippen molar-refractivity contribution in [2.24, 2.45) is 0 Å². The summed E-state index contributed by atoms with van der Waals surface area (Å²) in [7, 11) is 2.04. The Hall–Kier alpha value is -0.0300. The van der Waals surface area contributed by atoms with E-state index in [1.165, 1.54) is 18.4 Å². The van der Waals surface area contributed by atoms with Gasteiger partial charge in [0, 0.05) is 30.1 Å². The van der Waals surface area contributed by atoms with Crippen LogP contribution in [0.25, 0.3) is 0 Å². The molecule has 1 saturated heterocycles. The average molecular weight is 410 g/mol. The van der Waals surface area contributed by atoms with Crippen LogP contribution in [0.4, 0.5) is 0 Å². The first-order valence-corrected chi connectivity index (χ1v) is 9.36. The molecule has 2 N–H and O–H groups in total. The number of nitrogens with zero attached hydrogens (tertiary/aromatic N) is 1. The highest BCUT2D eigenvalue weighted by Crippen LogP contribution is 2.41. The van der Waals surface area contributed by atoms with Crippen molar-refractivity contribution in [3.8, 4) is 0 Å². The molecule has 2 aliphatic rings. The van der Waals surface area contributed by atoms with E-state index in [4.69, 9.17) is 11.6 Å². The average Bonchev–Trinajstić information content (AvgIpc) is 3.01. The SMILES string of the molecule is CN[C@@H]1CCN(CC(c2cccc(Cl)c2)C2(O)CCCCC2)C1.Cl.Cl. The van der Waals surface area contributed by atoms with Gasteiger partial charge in [0.15, 0.2) is 0 Å². The highest BCUT2D eigenvalue weighted by molar-refractivity contribution is 6.30. The maximum absolute atomic E-state index is 11.4. The number of hydrogen-bond donors (Lipinski definition) is 2. The Morgan fingerprint density at radius 1 is 1.28 bits per heavy atom. The lowest BCUT2D eigenvalue weighted by atomic mass is 9.72. The fourth-order valence-electron chi connectivity index (χ4n) is 4.31. The zero-order chi connectivity index (χ0) is 16.3. The van der Waals surface area contributed by atoms with Crippen LogP contribution in [-0.2, 0) is 0 Å². The van der Waals surface area contributed by atoms with Crippen LogP contribution < -0.4 is 5.32 Å². The van der Waals surface area contributed by atoms with Crippen LogP contribution in [0.2, 0.25) is 5.02 Å². The van der Waals surface area contributed by atoms with E-state index in [0.29, 0.717) is 6.04 Å².